The molecule has 3 heterocycles. The maximum atomic E-state index is 13.8. The number of carbonyl (C=O) groups excluding carboxylic acids is 2. The Bertz CT molecular complexity index is 1160. The molecule has 1 saturated heterocycles. The largest absolute Gasteiger partial charge is 0.381 e. The van der Waals surface area contributed by atoms with Crippen LogP contribution in [0.25, 0.3) is 0 Å². The molecule has 37 heavy (non-hydrogen) atoms. The highest BCUT2D eigenvalue weighted by molar-refractivity contribution is 6.76. The molecule has 12 heteroatoms. The maximum Gasteiger partial charge on any atom is 0.247 e. The lowest BCUT2D eigenvalue weighted by atomic mass is 9.76. The first kappa shape index (κ1) is 29.5. The van der Waals surface area contributed by atoms with Gasteiger partial charge in [0, 0.05) is 45.7 Å². The Kier molecular flexibility index (Phi) is 9.36. The fraction of sp³-hybridized carbons (Fsp3) is 0.480. The monoisotopic (exact) mass is 570 g/mol. The summed E-state index contributed by atoms with van der Waals surface area (Å²) in [6.07, 6.45) is 2.76. The van der Waals surface area contributed by atoms with Crippen molar-refractivity contribution >= 4 is 55.4 Å². The molecule has 1 aromatic carbocycles. The zero-order chi connectivity index (χ0) is 26.1. The van der Waals surface area contributed by atoms with E-state index < -0.39 is 31.3 Å². The third-order valence-corrected chi connectivity index (χ3v) is 8.75. The van der Waals surface area contributed by atoms with Crippen molar-refractivity contribution in [3.05, 3.63) is 52.4 Å². The molecule has 2 aromatic rings. The fourth-order valence-corrected chi connectivity index (χ4v) is 5.39. The number of amides is 2. The van der Waals surface area contributed by atoms with Crippen LogP contribution in [-0.2, 0) is 24.5 Å². The van der Waals surface area contributed by atoms with E-state index in [4.69, 9.17) is 26.8 Å². The van der Waals surface area contributed by atoms with Crippen LogP contribution in [0.5, 0.6) is 0 Å². The Labute approximate surface area is 228 Å². The summed E-state index contributed by atoms with van der Waals surface area (Å²) in [7, 11) is -1.28. The van der Waals surface area contributed by atoms with Gasteiger partial charge < -0.3 is 20.5 Å². The lowest BCUT2D eigenvalue weighted by molar-refractivity contribution is -0.127. The molecule has 3 N–H and O–H groups in total. The Hall–Kier alpha value is -2.08. The van der Waals surface area contributed by atoms with Crippen LogP contribution >= 0.6 is 24.0 Å². The Morgan fingerprint density at radius 3 is 2.68 bits per heavy atom. The van der Waals surface area contributed by atoms with Gasteiger partial charge in [0.1, 0.15) is 24.4 Å². The van der Waals surface area contributed by atoms with E-state index in [1.54, 1.807) is 17.2 Å². The van der Waals surface area contributed by atoms with Crippen molar-refractivity contribution in [2.75, 3.05) is 36.8 Å². The number of hydrogen-bond acceptors (Lipinski definition) is 6. The number of carbonyl (C=O) groups is 2. The lowest BCUT2D eigenvalue weighted by Crippen LogP contribution is -2.44. The third-order valence-electron chi connectivity index (χ3n) is 6.74. The first-order valence-electron chi connectivity index (χ1n) is 12.0. The number of halogens is 3. The smallest absolute Gasteiger partial charge is 0.247 e. The average Bonchev–Trinajstić information content (AvgIpc) is 3.04. The van der Waals surface area contributed by atoms with Gasteiger partial charge in [-0.2, -0.15) is 0 Å². The first-order chi connectivity index (χ1) is 17.0. The Balaban J connectivity index is 0.00000380. The normalized spacial score (nSPS) is 17.4. The van der Waals surface area contributed by atoms with Gasteiger partial charge in [-0.3, -0.25) is 14.5 Å². The highest BCUT2D eigenvalue weighted by Gasteiger charge is 2.52. The molecule has 1 unspecified atom stereocenters. The molecule has 1 fully saturated rings. The molecule has 4 rings (SSSR count). The summed E-state index contributed by atoms with van der Waals surface area (Å²) in [6.45, 7) is 8.49. The number of anilines is 2. The van der Waals surface area contributed by atoms with Gasteiger partial charge in [0.05, 0.1) is 16.1 Å². The number of benzene rings is 1. The minimum absolute atomic E-state index is 0. The van der Waals surface area contributed by atoms with E-state index in [9.17, 15) is 14.0 Å². The van der Waals surface area contributed by atoms with Crippen molar-refractivity contribution in [1.29, 1.82) is 0 Å². The zero-order valence-corrected chi connectivity index (χ0v) is 23.8. The Morgan fingerprint density at radius 2 is 2.03 bits per heavy atom. The maximum absolute atomic E-state index is 13.8. The van der Waals surface area contributed by atoms with Crippen LogP contribution in [0.3, 0.4) is 0 Å². The molecule has 202 valence electrons. The number of pyridine rings is 1. The van der Waals surface area contributed by atoms with Crippen molar-refractivity contribution in [3.8, 4) is 0 Å². The summed E-state index contributed by atoms with van der Waals surface area (Å²) < 4.78 is 25.3. The number of nitrogens with two attached hydrogens (primary N) is 1. The quantitative estimate of drug-likeness (QED) is 0.353. The lowest BCUT2D eigenvalue weighted by Gasteiger charge is -2.32. The van der Waals surface area contributed by atoms with E-state index in [1.807, 2.05) is 0 Å². The van der Waals surface area contributed by atoms with Gasteiger partial charge in [0.2, 0.25) is 11.8 Å². The summed E-state index contributed by atoms with van der Waals surface area (Å²) in [5.74, 6) is -1.01. The topological polar surface area (TPSA) is 107 Å². The number of ether oxygens (including phenoxy) is 2. The van der Waals surface area contributed by atoms with Crippen molar-refractivity contribution in [3.63, 3.8) is 0 Å². The third kappa shape index (κ3) is 6.32. The molecule has 0 aliphatic carbocycles. The molecule has 1 atom stereocenters. The predicted octanol–water partition coefficient (Wildman–Crippen LogP) is 4.64. The summed E-state index contributed by atoms with van der Waals surface area (Å²) >= 11 is 5.73. The van der Waals surface area contributed by atoms with Crippen LogP contribution in [0.1, 0.15) is 30.0 Å². The van der Waals surface area contributed by atoms with Crippen molar-refractivity contribution in [1.82, 2.24) is 4.98 Å². The second-order valence-electron chi connectivity index (χ2n) is 10.5. The van der Waals surface area contributed by atoms with Gasteiger partial charge in [0.15, 0.2) is 0 Å². The van der Waals surface area contributed by atoms with Crippen LogP contribution < -0.4 is 16.0 Å². The van der Waals surface area contributed by atoms with Crippen LogP contribution in [-0.4, -0.2) is 51.4 Å². The standard InChI is InChI=1S/C25H32ClFN4O4Si.ClH/c1-36(2,3)11-10-35-15-31-20-13-21(29-14-17(20)25(24(31)33)6-8-34-9-7-25)30-23(32)22(28)16-4-5-18(26)19(27)12-16;/h4-5,12-14,22H,6-11,15,28H2,1-3H3,(H,29,30,32);1H. The molecule has 0 saturated carbocycles. The molecule has 0 radical (unpaired) electrons. The molecular weight excluding hydrogens is 538 g/mol. The van der Waals surface area contributed by atoms with E-state index in [0.29, 0.717) is 38.3 Å². The highest BCUT2D eigenvalue weighted by atomic mass is 35.5. The van der Waals surface area contributed by atoms with Crippen LogP contribution in [0, 0.1) is 5.82 Å². The van der Waals surface area contributed by atoms with E-state index in [1.165, 1.54) is 12.1 Å². The van der Waals surface area contributed by atoms with Crippen molar-refractivity contribution < 1.29 is 23.5 Å². The minimum atomic E-state index is -1.28. The number of fused-ring (bicyclic) bond motifs is 2. The number of aromatic nitrogens is 1. The van der Waals surface area contributed by atoms with Gasteiger partial charge in [-0.15, -0.1) is 12.4 Å². The van der Waals surface area contributed by atoms with Gasteiger partial charge in [0.25, 0.3) is 0 Å². The van der Waals surface area contributed by atoms with Crippen molar-refractivity contribution in [2.45, 2.75) is 50.0 Å². The molecule has 8 nitrogen and oxygen atoms in total. The minimum Gasteiger partial charge on any atom is -0.381 e. The summed E-state index contributed by atoms with van der Waals surface area (Å²) in [5, 5.41) is 2.64. The second-order valence-corrected chi connectivity index (χ2v) is 16.5. The van der Waals surface area contributed by atoms with Crippen LogP contribution in [0.2, 0.25) is 30.7 Å². The highest BCUT2D eigenvalue weighted by Crippen LogP contribution is 2.48. The average molecular weight is 572 g/mol. The molecular formula is C25H33Cl2FN4O4Si. The Morgan fingerprint density at radius 1 is 1.32 bits per heavy atom. The van der Waals surface area contributed by atoms with Crippen LogP contribution in [0.4, 0.5) is 15.9 Å². The molecule has 1 aromatic heterocycles. The zero-order valence-electron chi connectivity index (χ0n) is 21.2. The van der Waals surface area contributed by atoms with Gasteiger partial charge in [-0.05, 0) is 36.6 Å². The van der Waals surface area contributed by atoms with Gasteiger partial charge >= 0.3 is 0 Å². The number of rotatable bonds is 8. The molecule has 2 aliphatic heterocycles. The fourth-order valence-electron chi connectivity index (χ4n) is 4.51. The van der Waals surface area contributed by atoms with E-state index >= 15 is 0 Å². The summed E-state index contributed by atoms with van der Waals surface area (Å²) in [6, 6.07) is 5.52. The number of hydrogen-bond donors (Lipinski definition) is 2. The SMILES string of the molecule is C[Si](C)(C)CCOCN1C(=O)C2(CCOCC2)c2cnc(NC(=O)C(N)c3ccc(Cl)c(F)c3)cc21.Cl. The first-order valence-corrected chi connectivity index (χ1v) is 16.1. The summed E-state index contributed by atoms with van der Waals surface area (Å²) in [4.78, 5) is 32.5. The van der Waals surface area contributed by atoms with Gasteiger partial charge in [-0.1, -0.05) is 37.3 Å². The second kappa shape index (κ2) is 11.8. The molecule has 0 bridgehead atoms. The molecule has 2 amide bonds. The molecule has 1 spiro atoms. The molecule has 2 aliphatic rings. The number of nitrogens with one attached hydrogen (secondary N) is 1. The van der Waals surface area contributed by atoms with Crippen LogP contribution in [0.15, 0.2) is 30.5 Å². The predicted molar refractivity (Wildman–Crippen MR) is 147 cm³/mol. The van der Waals surface area contributed by atoms with Crippen molar-refractivity contribution in [2.24, 2.45) is 5.73 Å². The van der Waals surface area contributed by atoms with Gasteiger partial charge in [-0.25, -0.2) is 9.37 Å². The van der Waals surface area contributed by atoms with E-state index in [0.717, 1.165) is 17.7 Å². The summed E-state index contributed by atoms with van der Waals surface area (Å²) in [5.41, 5.74) is 7.10. The number of nitrogens with zero attached hydrogens (tertiary/aromatic N) is 2. The van der Waals surface area contributed by atoms with E-state index in [2.05, 4.69) is 29.9 Å². The van der Waals surface area contributed by atoms with E-state index in [-0.39, 0.29) is 41.4 Å².